The third kappa shape index (κ3) is 3.02. The van der Waals surface area contributed by atoms with Gasteiger partial charge in [-0.1, -0.05) is 30.4 Å². The Morgan fingerprint density at radius 1 is 1.29 bits per heavy atom. The minimum Gasteiger partial charge on any atom is -0.490 e. The molecule has 5 heteroatoms. The Kier molecular flexibility index (Phi) is 4.23. The number of carboxylic acids is 1. The number of para-hydroxylation sites is 1. The second-order valence-electron chi connectivity index (χ2n) is 4.39. The summed E-state index contributed by atoms with van der Waals surface area (Å²) in [4.78, 5) is 22.4. The molecule has 5 nitrogen and oxygen atoms in total. The van der Waals surface area contributed by atoms with Crippen molar-refractivity contribution >= 4 is 28.9 Å². The van der Waals surface area contributed by atoms with E-state index >= 15 is 0 Å². The lowest BCUT2D eigenvalue weighted by molar-refractivity contribution is -0.136. The van der Waals surface area contributed by atoms with Crippen molar-refractivity contribution in [2.75, 3.05) is 7.11 Å². The Hall–Kier alpha value is -2.82. The van der Waals surface area contributed by atoms with Crippen LogP contribution in [-0.4, -0.2) is 28.7 Å². The SMILES string of the molecule is CO/C(=C\C=C\c1cn(C(C)=O)c2ccccc12)C(=O)O. The van der Waals surface area contributed by atoms with E-state index in [2.05, 4.69) is 0 Å². The van der Waals surface area contributed by atoms with Crippen LogP contribution in [0.1, 0.15) is 17.3 Å². The molecule has 1 N–H and O–H groups in total. The number of carbonyl (C=O) groups is 2. The van der Waals surface area contributed by atoms with Gasteiger partial charge in [-0.05, 0) is 12.1 Å². The summed E-state index contributed by atoms with van der Waals surface area (Å²) < 4.78 is 6.29. The van der Waals surface area contributed by atoms with E-state index in [-0.39, 0.29) is 11.7 Å². The molecule has 0 aliphatic rings. The number of hydrogen-bond acceptors (Lipinski definition) is 3. The van der Waals surface area contributed by atoms with Crippen LogP contribution in [0.3, 0.4) is 0 Å². The molecule has 0 bridgehead atoms. The van der Waals surface area contributed by atoms with E-state index in [1.807, 2.05) is 24.3 Å². The van der Waals surface area contributed by atoms with Crippen molar-refractivity contribution in [2.45, 2.75) is 6.92 Å². The van der Waals surface area contributed by atoms with Crippen molar-refractivity contribution in [2.24, 2.45) is 0 Å². The molecule has 0 radical (unpaired) electrons. The minimum absolute atomic E-state index is 0.0792. The highest BCUT2D eigenvalue weighted by Gasteiger charge is 2.08. The molecular weight excluding hydrogens is 270 g/mol. The molecule has 1 heterocycles. The van der Waals surface area contributed by atoms with Crippen molar-refractivity contribution in [3.63, 3.8) is 0 Å². The molecule has 0 saturated carbocycles. The second-order valence-corrected chi connectivity index (χ2v) is 4.39. The first-order valence-corrected chi connectivity index (χ1v) is 6.31. The van der Waals surface area contributed by atoms with Gasteiger partial charge in [-0.25, -0.2) is 4.79 Å². The molecule has 0 fully saturated rings. The van der Waals surface area contributed by atoms with E-state index in [4.69, 9.17) is 9.84 Å². The highest BCUT2D eigenvalue weighted by atomic mass is 16.5. The van der Waals surface area contributed by atoms with Gasteiger partial charge in [-0.2, -0.15) is 0 Å². The van der Waals surface area contributed by atoms with Crippen LogP contribution in [0.4, 0.5) is 0 Å². The van der Waals surface area contributed by atoms with Gasteiger partial charge in [0.1, 0.15) is 0 Å². The van der Waals surface area contributed by atoms with Gasteiger partial charge in [0.15, 0.2) is 0 Å². The Morgan fingerprint density at radius 2 is 2.00 bits per heavy atom. The number of allylic oxidation sites excluding steroid dienone is 2. The van der Waals surface area contributed by atoms with Crippen LogP contribution in [0.5, 0.6) is 0 Å². The zero-order valence-corrected chi connectivity index (χ0v) is 11.7. The zero-order valence-electron chi connectivity index (χ0n) is 11.7. The maximum absolute atomic E-state index is 11.6. The molecule has 0 amide bonds. The number of carboxylic acid groups (broad SMARTS) is 1. The molecule has 1 aromatic carbocycles. The van der Waals surface area contributed by atoms with E-state index in [9.17, 15) is 9.59 Å². The number of methoxy groups -OCH3 is 1. The first kappa shape index (κ1) is 14.6. The number of rotatable bonds is 4. The molecule has 2 aromatic rings. The smallest absolute Gasteiger partial charge is 0.371 e. The second kappa shape index (κ2) is 6.09. The van der Waals surface area contributed by atoms with Gasteiger partial charge in [0.05, 0.1) is 12.6 Å². The number of nitrogens with zero attached hydrogens (tertiary/aromatic N) is 1. The minimum atomic E-state index is -1.13. The van der Waals surface area contributed by atoms with Crippen LogP contribution >= 0.6 is 0 Å². The Labute approximate surface area is 121 Å². The molecule has 0 atom stereocenters. The average molecular weight is 285 g/mol. The summed E-state index contributed by atoms with van der Waals surface area (Å²) in [6.07, 6.45) is 6.41. The van der Waals surface area contributed by atoms with Crippen molar-refractivity contribution in [3.8, 4) is 0 Å². The Balaban J connectivity index is 2.44. The molecule has 108 valence electrons. The standard InChI is InChI=1S/C16H15NO4/c1-11(18)17-10-12(13-7-3-4-8-14(13)17)6-5-9-15(21-2)16(19)20/h3-10H,1-2H3,(H,19,20)/b6-5+,15-9-. The van der Waals surface area contributed by atoms with E-state index in [1.54, 1.807) is 22.9 Å². The van der Waals surface area contributed by atoms with Crippen LogP contribution in [0, 0.1) is 0 Å². The molecule has 2 rings (SSSR count). The lowest BCUT2D eigenvalue weighted by atomic mass is 10.1. The van der Waals surface area contributed by atoms with Crippen LogP contribution in [0.2, 0.25) is 0 Å². The number of carbonyl (C=O) groups excluding carboxylic acids is 1. The summed E-state index contributed by atoms with van der Waals surface area (Å²) >= 11 is 0. The summed E-state index contributed by atoms with van der Waals surface area (Å²) in [7, 11) is 1.30. The maximum Gasteiger partial charge on any atom is 0.371 e. The number of ether oxygens (including phenoxy) is 1. The lowest BCUT2D eigenvalue weighted by Crippen LogP contribution is -2.02. The van der Waals surface area contributed by atoms with Crippen molar-refractivity contribution in [3.05, 3.63) is 53.9 Å². The number of aliphatic carboxylic acids is 1. The molecule has 21 heavy (non-hydrogen) atoms. The first-order chi connectivity index (χ1) is 10.0. The van der Waals surface area contributed by atoms with E-state index in [0.29, 0.717) is 0 Å². The molecule has 0 unspecified atom stereocenters. The van der Waals surface area contributed by atoms with Crippen molar-refractivity contribution in [1.82, 2.24) is 4.57 Å². The third-order valence-electron chi connectivity index (χ3n) is 3.04. The summed E-state index contributed by atoms with van der Waals surface area (Å²) in [6.45, 7) is 1.49. The molecule has 0 saturated heterocycles. The van der Waals surface area contributed by atoms with Crippen LogP contribution in [-0.2, 0) is 9.53 Å². The monoisotopic (exact) mass is 285 g/mol. The number of aromatic nitrogens is 1. The van der Waals surface area contributed by atoms with Gasteiger partial charge >= 0.3 is 5.97 Å². The van der Waals surface area contributed by atoms with E-state index in [1.165, 1.54) is 20.1 Å². The van der Waals surface area contributed by atoms with Gasteiger partial charge in [0, 0.05) is 24.1 Å². The fourth-order valence-electron chi connectivity index (χ4n) is 2.07. The average Bonchev–Trinajstić information content (AvgIpc) is 2.82. The quantitative estimate of drug-likeness (QED) is 0.533. The van der Waals surface area contributed by atoms with E-state index < -0.39 is 5.97 Å². The van der Waals surface area contributed by atoms with Crippen molar-refractivity contribution < 1.29 is 19.4 Å². The number of hydrogen-bond donors (Lipinski definition) is 1. The molecule has 0 aliphatic carbocycles. The third-order valence-corrected chi connectivity index (χ3v) is 3.04. The normalized spacial score (nSPS) is 12.0. The highest BCUT2D eigenvalue weighted by molar-refractivity contribution is 5.97. The fourth-order valence-corrected chi connectivity index (χ4v) is 2.07. The van der Waals surface area contributed by atoms with Crippen LogP contribution in [0.25, 0.3) is 17.0 Å². The van der Waals surface area contributed by atoms with Gasteiger partial charge in [0.25, 0.3) is 0 Å². The Bertz CT molecular complexity index is 753. The largest absolute Gasteiger partial charge is 0.490 e. The molecular formula is C16H15NO4. The van der Waals surface area contributed by atoms with E-state index in [0.717, 1.165) is 16.5 Å². The van der Waals surface area contributed by atoms with Gasteiger partial charge in [0.2, 0.25) is 11.7 Å². The predicted molar refractivity (Wildman–Crippen MR) is 80.0 cm³/mol. The predicted octanol–water partition coefficient (Wildman–Crippen LogP) is 2.93. The summed E-state index contributed by atoms with van der Waals surface area (Å²) in [5.41, 5.74) is 1.65. The van der Waals surface area contributed by atoms with Crippen molar-refractivity contribution in [1.29, 1.82) is 0 Å². The maximum atomic E-state index is 11.6. The molecule has 0 aliphatic heterocycles. The zero-order chi connectivity index (χ0) is 15.4. The number of benzene rings is 1. The summed E-state index contributed by atoms with van der Waals surface area (Å²) in [5, 5.41) is 9.77. The summed E-state index contributed by atoms with van der Waals surface area (Å²) in [5.74, 6) is -1.36. The topological polar surface area (TPSA) is 68.5 Å². The highest BCUT2D eigenvalue weighted by Crippen LogP contribution is 2.22. The van der Waals surface area contributed by atoms with Gasteiger partial charge < -0.3 is 9.84 Å². The van der Waals surface area contributed by atoms with Crippen LogP contribution in [0.15, 0.2) is 48.4 Å². The lowest BCUT2D eigenvalue weighted by Gasteiger charge is -1.97. The van der Waals surface area contributed by atoms with Crippen LogP contribution < -0.4 is 0 Å². The first-order valence-electron chi connectivity index (χ1n) is 6.31. The Morgan fingerprint density at radius 3 is 2.62 bits per heavy atom. The summed E-state index contributed by atoms with van der Waals surface area (Å²) in [6, 6.07) is 7.52. The van der Waals surface area contributed by atoms with Gasteiger partial charge in [-0.3, -0.25) is 9.36 Å². The van der Waals surface area contributed by atoms with Gasteiger partial charge in [-0.15, -0.1) is 0 Å². The fraction of sp³-hybridized carbons (Fsp3) is 0.125. The molecule has 0 spiro atoms. The number of fused-ring (bicyclic) bond motifs is 1. The molecule has 1 aromatic heterocycles.